The highest BCUT2D eigenvalue weighted by atomic mass is 35.5. The van der Waals surface area contributed by atoms with Crippen molar-refractivity contribution < 1.29 is 4.79 Å². The molecule has 3 N–H and O–H groups in total. The molecule has 0 saturated carbocycles. The molecule has 21 heavy (non-hydrogen) atoms. The standard InChI is InChI=1S/C13H20N4O2S.ClH/c1-8(2)5-9(6-14)16-11(18)10-7-15-13-17(12(10)19)3-4-20-13;/h7-9H,3-6,14H2,1-2H3,(H,16,18);1H. The number of amides is 1. The highest BCUT2D eigenvalue weighted by molar-refractivity contribution is 7.99. The van der Waals surface area contributed by atoms with Crippen molar-refractivity contribution in [3.8, 4) is 0 Å². The Bertz CT molecular complexity index is 562. The van der Waals surface area contributed by atoms with E-state index in [0.29, 0.717) is 24.2 Å². The van der Waals surface area contributed by atoms with Crippen LogP contribution in [0.5, 0.6) is 0 Å². The number of aromatic nitrogens is 2. The summed E-state index contributed by atoms with van der Waals surface area (Å²) < 4.78 is 1.56. The number of halogens is 1. The van der Waals surface area contributed by atoms with E-state index in [-0.39, 0.29) is 35.5 Å². The molecule has 118 valence electrons. The number of carbonyl (C=O) groups excluding carboxylic acids is 1. The summed E-state index contributed by atoms with van der Waals surface area (Å²) in [5.41, 5.74) is 5.49. The van der Waals surface area contributed by atoms with E-state index in [9.17, 15) is 9.59 Å². The molecule has 0 radical (unpaired) electrons. The molecule has 1 amide bonds. The van der Waals surface area contributed by atoms with Crippen LogP contribution in [0.3, 0.4) is 0 Å². The van der Waals surface area contributed by atoms with Crippen molar-refractivity contribution >= 4 is 30.1 Å². The van der Waals surface area contributed by atoms with Crippen molar-refractivity contribution in [2.75, 3.05) is 12.3 Å². The smallest absolute Gasteiger partial charge is 0.267 e. The molecule has 1 aliphatic heterocycles. The molecule has 2 heterocycles. The van der Waals surface area contributed by atoms with E-state index in [0.717, 1.165) is 12.2 Å². The van der Waals surface area contributed by atoms with E-state index >= 15 is 0 Å². The first-order valence-electron chi connectivity index (χ1n) is 6.76. The van der Waals surface area contributed by atoms with Gasteiger partial charge in [-0.05, 0) is 12.3 Å². The van der Waals surface area contributed by atoms with Gasteiger partial charge < -0.3 is 11.1 Å². The first-order chi connectivity index (χ1) is 9.52. The summed E-state index contributed by atoms with van der Waals surface area (Å²) in [6, 6.07) is -0.116. The predicted octanol–water partition coefficient (Wildman–Crippen LogP) is 0.874. The summed E-state index contributed by atoms with van der Waals surface area (Å²) in [6.45, 7) is 5.11. The van der Waals surface area contributed by atoms with Crippen LogP contribution in [0.25, 0.3) is 0 Å². The van der Waals surface area contributed by atoms with Crippen molar-refractivity contribution in [1.82, 2.24) is 14.9 Å². The zero-order valence-corrected chi connectivity index (χ0v) is 13.8. The molecule has 0 aromatic carbocycles. The molecule has 8 heteroatoms. The summed E-state index contributed by atoms with van der Waals surface area (Å²) in [6.07, 6.45) is 2.16. The van der Waals surface area contributed by atoms with E-state index < -0.39 is 0 Å². The topological polar surface area (TPSA) is 90.0 Å². The Balaban J connectivity index is 0.00000220. The van der Waals surface area contributed by atoms with E-state index in [4.69, 9.17) is 5.73 Å². The van der Waals surface area contributed by atoms with Crippen LogP contribution in [0, 0.1) is 5.92 Å². The summed E-state index contributed by atoms with van der Waals surface area (Å²) in [5, 5.41) is 3.51. The number of carbonyl (C=O) groups is 1. The first-order valence-corrected chi connectivity index (χ1v) is 7.75. The van der Waals surface area contributed by atoms with Gasteiger partial charge in [0.1, 0.15) is 5.56 Å². The van der Waals surface area contributed by atoms with Crippen molar-refractivity contribution in [3.63, 3.8) is 0 Å². The molecule has 1 aromatic rings. The highest BCUT2D eigenvalue weighted by Crippen LogP contribution is 2.20. The zero-order valence-electron chi connectivity index (χ0n) is 12.2. The second-order valence-electron chi connectivity index (χ2n) is 5.30. The van der Waals surface area contributed by atoms with E-state index in [2.05, 4.69) is 24.1 Å². The zero-order chi connectivity index (χ0) is 14.7. The number of thioether (sulfide) groups is 1. The third kappa shape index (κ3) is 4.21. The van der Waals surface area contributed by atoms with Crippen LogP contribution in [0.4, 0.5) is 0 Å². The largest absolute Gasteiger partial charge is 0.348 e. The van der Waals surface area contributed by atoms with Gasteiger partial charge in [0.15, 0.2) is 5.16 Å². The van der Waals surface area contributed by atoms with Crippen LogP contribution < -0.4 is 16.6 Å². The summed E-state index contributed by atoms with van der Waals surface area (Å²) in [7, 11) is 0. The van der Waals surface area contributed by atoms with Crippen molar-refractivity contribution in [2.24, 2.45) is 11.7 Å². The average Bonchev–Trinajstić information content (AvgIpc) is 2.86. The molecular formula is C13H21ClN4O2S. The van der Waals surface area contributed by atoms with Crippen LogP contribution in [0.1, 0.15) is 30.6 Å². The normalized spacial score (nSPS) is 14.5. The van der Waals surface area contributed by atoms with Gasteiger partial charge in [0.2, 0.25) is 0 Å². The molecule has 0 fully saturated rings. The van der Waals surface area contributed by atoms with Gasteiger partial charge in [0, 0.05) is 31.1 Å². The van der Waals surface area contributed by atoms with Gasteiger partial charge in [-0.3, -0.25) is 14.2 Å². The maximum absolute atomic E-state index is 12.2. The molecule has 1 aliphatic rings. The minimum absolute atomic E-state index is 0. The molecule has 6 nitrogen and oxygen atoms in total. The minimum Gasteiger partial charge on any atom is -0.348 e. The minimum atomic E-state index is -0.384. The fourth-order valence-corrected chi connectivity index (χ4v) is 3.13. The van der Waals surface area contributed by atoms with E-state index in [1.54, 1.807) is 4.57 Å². The highest BCUT2D eigenvalue weighted by Gasteiger charge is 2.21. The molecule has 0 saturated heterocycles. The molecule has 0 aliphatic carbocycles. The number of nitrogens with one attached hydrogen (secondary N) is 1. The third-order valence-electron chi connectivity index (χ3n) is 3.18. The quantitative estimate of drug-likeness (QED) is 0.781. The predicted molar refractivity (Wildman–Crippen MR) is 86.2 cm³/mol. The maximum Gasteiger partial charge on any atom is 0.267 e. The van der Waals surface area contributed by atoms with Crippen molar-refractivity contribution in [3.05, 3.63) is 22.1 Å². The molecule has 2 rings (SSSR count). The van der Waals surface area contributed by atoms with Crippen molar-refractivity contribution in [1.29, 1.82) is 0 Å². The lowest BCUT2D eigenvalue weighted by molar-refractivity contribution is 0.0931. The maximum atomic E-state index is 12.2. The lowest BCUT2D eigenvalue weighted by Gasteiger charge is -2.18. The van der Waals surface area contributed by atoms with Crippen LogP contribution in [-0.4, -0.2) is 33.8 Å². The number of hydrogen-bond donors (Lipinski definition) is 2. The van der Waals surface area contributed by atoms with Crippen molar-refractivity contribution in [2.45, 2.75) is 38.0 Å². The van der Waals surface area contributed by atoms with Gasteiger partial charge in [0.25, 0.3) is 11.5 Å². The summed E-state index contributed by atoms with van der Waals surface area (Å²) >= 11 is 1.53. The Morgan fingerprint density at radius 3 is 2.90 bits per heavy atom. The monoisotopic (exact) mass is 332 g/mol. The van der Waals surface area contributed by atoms with Gasteiger partial charge in [0.05, 0.1) is 0 Å². The van der Waals surface area contributed by atoms with Crippen LogP contribution in [-0.2, 0) is 6.54 Å². The molecular weight excluding hydrogens is 312 g/mol. The van der Waals surface area contributed by atoms with Gasteiger partial charge >= 0.3 is 0 Å². The lowest BCUT2D eigenvalue weighted by atomic mass is 10.0. The van der Waals surface area contributed by atoms with Gasteiger partial charge in [-0.25, -0.2) is 4.98 Å². The number of hydrogen-bond acceptors (Lipinski definition) is 5. The number of nitrogens with two attached hydrogens (primary N) is 1. The van der Waals surface area contributed by atoms with Crippen LogP contribution in [0.2, 0.25) is 0 Å². The summed E-state index contributed by atoms with van der Waals surface area (Å²) in [5.74, 6) is 0.872. The Kier molecular flexibility index (Phi) is 6.70. The molecule has 1 aromatic heterocycles. The number of rotatable bonds is 5. The Morgan fingerprint density at radius 2 is 2.29 bits per heavy atom. The van der Waals surface area contributed by atoms with Gasteiger partial charge in [-0.2, -0.15) is 0 Å². The van der Waals surface area contributed by atoms with Crippen LogP contribution in [0.15, 0.2) is 16.1 Å². The number of nitrogens with zero attached hydrogens (tertiary/aromatic N) is 2. The fourth-order valence-electron chi connectivity index (χ4n) is 2.22. The Hall–Kier alpha value is -1.05. The molecule has 1 atom stereocenters. The third-order valence-corrected chi connectivity index (χ3v) is 4.15. The van der Waals surface area contributed by atoms with E-state index in [1.165, 1.54) is 18.0 Å². The average molecular weight is 333 g/mol. The van der Waals surface area contributed by atoms with E-state index in [1.807, 2.05) is 0 Å². The number of fused-ring (bicyclic) bond motifs is 1. The molecule has 0 bridgehead atoms. The lowest BCUT2D eigenvalue weighted by Crippen LogP contribution is -2.43. The fraction of sp³-hybridized carbons (Fsp3) is 0.615. The first kappa shape index (κ1) is 18.0. The molecule has 0 spiro atoms. The summed E-state index contributed by atoms with van der Waals surface area (Å²) in [4.78, 5) is 28.6. The Labute approximate surface area is 134 Å². The SMILES string of the molecule is CC(C)CC(CN)NC(=O)c1cnc2n(c1=O)CCS2.Cl. The Morgan fingerprint density at radius 1 is 1.57 bits per heavy atom. The van der Waals surface area contributed by atoms with Gasteiger partial charge in [-0.15, -0.1) is 12.4 Å². The second-order valence-corrected chi connectivity index (χ2v) is 6.36. The molecule has 1 unspecified atom stereocenters. The second kappa shape index (κ2) is 7.82. The van der Waals surface area contributed by atoms with Gasteiger partial charge in [-0.1, -0.05) is 25.6 Å². The van der Waals surface area contributed by atoms with Crippen LogP contribution >= 0.6 is 24.2 Å².